The first-order chi connectivity index (χ1) is 17.5. The Labute approximate surface area is 214 Å². The first kappa shape index (κ1) is 25.2. The zero-order valence-electron chi connectivity index (χ0n) is 19.0. The van der Waals surface area contributed by atoms with Gasteiger partial charge in [0.2, 0.25) is 22.2 Å². The average molecular weight is 519 g/mol. The summed E-state index contributed by atoms with van der Waals surface area (Å²) in [6, 6.07) is 35.4. The van der Waals surface area contributed by atoms with Crippen molar-refractivity contribution in [2.75, 3.05) is 0 Å². The van der Waals surface area contributed by atoms with Gasteiger partial charge >= 0.3 is 11.9 Å². The molecule has 6 nitrogen and oxygen atoms in total. The molecule has 36 heavy (non-hydrogen) atoms. The highest BCUT2D eigenvalue weighted by atomic mass is 32.2. The number of hydrogen-bond acceptors (Lipinski definition) is 6. The highest BCUT2D eigenvalue weighted by Crippen LogP contribution is 2.30. The van der Waals surface area contributed by atoms with Crippen LogP contribution in [0, 0.1) is 0 Å². The first-order valence-electron chi connectivity index (χ1n) is 11.0. The maximum atomic E-state index is 13.1. The molecule has 0 spiro atoms. The molecule has 2 unspecified atom stereocenters. The summed E-state index contributed by atoms with van der Waals surface area (Å²) >= 11 is -4.51. The van der Waals surface area contributed by atoms with Crippen molar-refractivity contribution in [2.24, 2.45) is 0 Å². The summed E-state index contributed by atoms with van der Waals surface area (Å²) in [5.74, 6) is -2.98. The maximum absolute atomic E-state index is 13.1. The summed E-state index contributed by atoms with van der Waals surface area (Å²) < 4.78 is 36.2. The van der Waals surface area contributed by atoms with Crippen molar-refractivity contribution in [2.45, 2.75) is 10.5 Å². The predicted octanol–water partition coefficient (Wildman–Crippen LogP) is 4.98. The molecule has 0 amide bonds. The normalized spacial score (nSPS) is 12.6. The van der Waals surface area contributed by atoms with Crippen molar-refractivity contribution in [1.82, 2.24) is 0 Å². The van der Waals surface area contributed by atoms with Crippen LogP contribution in [0.2, 0.25) is 0 Å². The van der Waals surface area contributed by atoms with Crippen molar-refractivity contribution < 1.29 is 26.4 Å². The molecule has 4 aromatic rings. The van der Waals surface area contributed by atoms with Crippen LogP contribution in [-0.4, -0.2) is 20.4 Å². The Kier molecular flexibility index (Phi) is 8.54. The zero-order valence-corrected chi connectivity index (χ0v) is 20.6. The molecule has 182 valence electrons. The third-order valence-electron chi connectivity index (χ3n) is 5.28. The minimum atomic E-state index is -2.26. The molecule has 0 saturated heterocycles. The van der Waals surface area contributed by atoms with E-state index in [2.05, 4.69) is 0 Å². The molecule has 0 saturated carbocycles. The van der Waals surface area contributed by atoms with Crippen LogP contribution >= 0.6 is 0 Å². The first-order valence-corrected chi connectivity index (χ1v) is 13.3. The molecular formula is C28H22O6S2. The fraction of sp³-hybridized carbons (Fsp3) is 0.0714. The predicted molar refractivity (Wildman–Crippen MR) is 138 cm³/mol. The van der Waals surface area contributed by atoms with Gasteiger partial charge in [-0.15, -0.1) is 0 Å². The van der Waals surface area contributed by atoms with Crippen LogP contribution in [0.5, 0.6) is 0 Å². The van der Waals surface area contributed by atoms with E-state index in [9.17, 15) is 18.0 Å². The largest absolute Gasteiger partial charge is 0.432 e. The zero-order chi connectivity index (χ0) is 25.3. The van der Waals surface area contributed by atoms with Crippen molar-refractivity contribution in [1.29, 1.82) is 0 Å². The van der Waals surface area contributed by atoms with E-state index < -0.39 is 44.6 Å². The van der Waals surface area contributed by atoms with Crippen molar-refractivity contribution in [3.63, 3.8) is 0 Å². The lowest BCUT2D eigenvalue weighted by Gasteiger charge is -2.18. The number of hydrogen-bond donors (Lipinski definition) is 0. The summed E-state index contributed by atoms with van der Waals surface area (Å²) in [7, 11) is 0. The van der Waals surface area contributed by atoms with E-state index in [1.54, 1.807) is 97.1 Å². The van der Waals surface area contributed by atoms with Crippen LogP contribution < -0.4 is 0 Å². The Morgan fingerprint density at radius 3 is 0.889 bits per heavy atom. The number of benzene rings is 4. The quantitative estimate of drug-likeness (QED) is 0.306. The van der Waals surface area contributed by atoms with Crippen LogP contribution in [0.1, 0.15) is 32.8 Å². The lowest BCUT2D eigenvalue weighted by Crippen LogP contribution is -2.26. The van der Waals surface area contributed by atoms with Crippen LogP contribution in [0.15, 0.2) is 121 Å². The Morgan fingerprint density at radius 2 is 0.667 bits per heavy atom. The Bertz CT molecular complexity index is 1160. The van der Waals surface area contributed by atoms with E-state index in [-0.39, 0.29) is 0 Å². The third kappa shape index (κ3) is 6.21. The van der Waals surface area contributed by atoms with Gasteiger partial charge in [-0.2, -0.15) is 0 Å². The van der Waals surface area contributed by atoms with Gasteiger partial charge in [0.05, 0.1) is 0 Å². The standard InChI is InChI=1S/C28H22O6S2/c29-27(33-35(31)25(21-13-5-1-6-14-21)22-15-7-2-8-16-22)28(30)34-36(32)26(23-17-9-3-10-18-23)24-19-11-4-12-20-24/h1-20,25-26H. The molecule has 0 heterocycles. The van der Waals surface area contributed by atoms with Crippen LogP contribution in [-0.2, 0) is 40.1 Å². The highest BCUT2D eigenvalue weighted by Gasteiger charge is 2.32. The summed E-state index contributed by atoms with van der Waals surface area (Å²) in [5, 5.41) is -1.65. The number of carbonyl (C=O) groups excluding carboxylic acids is 2. The van der Waals surface area contributed by atoms with E-state index in [0.29, 0.717) is 22.3 Å². The summed E-state index contributed by atoms with van der Waals surface area (Å²) in [6.45, 7) is 0. The average Bonchev–Trinajstić information content (AvgIpc) is 2.91. The molecule has 2 atom stereocenters. The molecule has 0 fully saturated rings. The van der Waals surface area contributed by atoms with Crippen molar-refractivity contribution in [3.8, 4) is 0 Å². The molecule has 0 aromatic heterocycles. The Morgan fingerprint density at radius 1 is 0.444 bits per heavy atom. The monoisotopic (exact) mass is 518 g/mol. The van der Waals surface area contributed by atoms with Gasteiger partial charge in [-0.1, -0.05) is 121 Å². The van der Waals surface area contributed by atoms with Crippen LogP contribution in [0.25, 0.3) is 0 Å². The SMILES string of the molecule is O=C(OS(=O)C(c1ccccc1)c1ccccc1)C(=O)OS(=O)C(c1ccccc1)c1ccccc1. The highest BCUT2D eigenvalue weighted by molar-refractivity contribution is 7.81. The third-order valence-corrected chi connectivity index (χ3v) is 7.77. The minimum absolute atomic E-state index is 0.639. The molecule has 0 aliphatic carbocycles. The summed E-state index contributed by atoms with van der Waals surface area (Å²) in [5.41, 5.74) is 2.56. The molecule has 4 rings (SSSR count). The van der Waals surface area contributed by atoms with E-state index >= 15 is 0 Å². The fourth-order valence-corrected chi connectivity index (χ4v) is 5.80. The van der Waals surface area contributed by atoms with Gasteiger partial charge in [0, 0.05) is 0 Å². The lowest BCUT2D eigenvalue weighted by atomic mass is 10.0. The van der Waals surface area contributed by atoms with Gasteiger partial charge < -0.3 is 8.37 Å². The number of carbonyl (C=O) groups is 2. The molecule has 0 N–H and O–H groups in total. The Hall–Kier alpha value is -3.88. The number of rotatable bonds is 8. The molecule has 0 aliphatic rings. The molecular weight excluding hydrogens is 496 g/mol. The lowest BCUT2D eigenvalue weighted by molar-refractivity contribution is -0.155. The smallest absolute Gasteiger partial charge is 0.354 e. The second-order valence-corrected chi connectivity index (χ2v) is 9.98. The van der Waals surface area contributed by atoms with Gasteiger partial charge in [0.1, 0.15) is 10.5 Å². The maximum Gasteiger partial charge on any atom is 0.432 e. The van der Waals surface area contributed by atoms with Gasteiger partial charge in [0.15, 0.2) is 0 Å². The molecule has 0 bridgehead atoms. The molecule has 0 radical (unpaired) electrons. The Balaban J connectivity index is 1.51. The van der Waals surface area contributed by atoms with Gasteiger partial charge in [-0.3, -0.25) is 0 Å². The van der Waals surface area contributed by atoms with E-state index in [4.69, 9.17) is 8.37 Å². The minimum Gasteiger partial charge on any atom is -0.354 e. The van der Waals surface area contributed by atoms with Crippen LogP contribution in [0.3, 0.4) is 0 Å². The summed E-state index contributed by atoms with van der Waals surface area (Å²) in [4.78, 5) is 25.1. The van der Waals surface area contributed by atoms with E-state index in [1.165, 1.54) is 0 Å². The van der Waals surface area contributed by atoms with Crippen molar-refractivity contribution >= 4 is 34.1 Å². The van der Waals surface area contributed by atoms with E-state index in [0.717, 1.165) is 0 Å². The van der Waals surface area contributed by atoms with Crippen molar-refractivity contribution in [3.05, 3.63) is 144 Å². The molecule has 4 aromatic carbocycles. The van der Waals surface area contributed by atoms with Gasteiger partial charge in [0.25, 0.3) is 0 Å². The van der Waals surface area contributed by atoms with Crippen LogP contribution in [0.4, 0.5) is 0 Å². The molecule has 8 heteroatoms. The second-order valence-electron chi connectivity index (χ2n) is 7.67. The van der Waals surface area contributed by atoms with Gasteiger partial charge in [-0.05, 0) is 22.3 Å². The molecule has 0 aliphatic heterocycles. The second kappa shape index (κ2) is 12.2. The fourth-order valence-electron chi connectivity index (χ4n) is 3.65. The van der Waals surface area contributed by atoms with Gasteiger partial charge in [-0.25, -0.2) is 18.0 Å². The summed E-state index contributed by atoms with van der Waals surface area (Å²) in [6.07, 6.45) is 0. The topological polar surface area (TPSA) is 86.7 Å². The van der Waals surface area contributed by atoms with E-state index in [1.807, 2.05) is 24.3 Å².